The van der Waals surface area contributed by atoms with Crippen molar-refractivity contribution in [3.63, 3.8) is 0 Å². The number of carboxylic acids is 1. The van der Waals surface area contributed by atoms with Gasteiger partial charge in [-0.3, -0.25) is 4.79 Å². The molecule has 1 heterocycles. The second-order valence-electron chi connectivity index (χ2n) is 5.53. The summed E-state index contributed by atoms with van der Waals surface area (Å²) < 4.78 is 17.2. The molecule has 120 valence electrons. The van der Waals surface area contributed by atoms with E-state index in [1.807, 2.05) is 0 Å². The lowest BCUT2D eigenvalue weighted by Crippen LogP contribution is -2.37. The number of carbonyl (C=O) groups is 2. The van der Waals surface area contributed by atoms with Crippen molar-refractivity contribution in [2.24, 2.45) is 5.41 Å². The molecule has 1 aromatic rings. The highest BCUT2D eigenvalue weighted by molar-refractivity contribution is 5.90. The molecule has 0 aromatic heterocycles. The molecule has 1 unspecified atom stereocenters. The van der Waals surface area contributed by atoms with E-state index in [9.17, 15) is 19.1 Å². The average Bonchev–Trinajstić information content (AvgIpc) is 2.90. The molecular formula is C15H19FN2O4. The number of anilines is 1. The number of halogens is 1. The summed E-state index contributed by atoms with van der Waals surface area (Å²) in [5, 5.41) is 11.9. The van der Waals surface area contributed by atoms with Gasteiger partial charge in [-0.25, -0.2) is 9.18 Å². The third-order valence-corrected chi connectivity index (χ3v) is 3.71. The Morgan fingerprint density at radius 1 is 1.50 bits per heavy atom. The van der Waals surface area contributed by atoms with E-state index in [0.717, 1.165) is 0 Å². The molecule has 1 fully saturated rings. The number of amides is 2. The van der Waals surface area contributed by atoms with Gasteiger partial charge in [-0.05, 0) is 25.5 Å². The van der Waals surface area contributed by atoms with Gasteiger partial charge in [0.1, 0.15) is 19.0 Å². The first-order valence-corrected chi connectivity index (χ1v) is 7.03. The second kappa shape index (κ2) is 6.64. The fraction of sp³-hybridized carbons (Fsp3) is 0.467. The summed E-state index contributed by atoms with van der Waals surface area (Å²) in [4.78, 5) is 24.8. The third-order valence-electron chi connectivity index (χ3n) is 3.71. The topological polar surface area (TPSA) is 78.9 Å². The van der Waals surface area contributed by atoms with Crippen LogP contribution in [0.4, 0.5) is 14.9 Å². The number of alkyl halides is 1. The molecule has 2 N–H and O–H groups in total. The van der Waals surface area contributed by atoms with Crippen molar-refractivity contribution in [1.82, 2.24) is 4.90 Å². The van der Waals surface area contributed by atoms with E-state index in [2.05, 4.69) is 5.32 Å². The predicted octanol–water partition coefficient (Wildman–Crippen LogP) is 2.36. The monoisotopic (exact) mass is 310 g/mol. The fourth-order valence-electron chi connectivity index (χ4n) is 2.33. The Labute approximate surface area is 127 Å². The number of benzene rings is 1. The molecule has 1 aliphatic rings. The van der Waals surface area contributed by atoms with Crippen molar-refractivity contribution in [3.05, 3.63) is 24.3 Å². The molecule has 0 radical (unpaired) electrons. The minimum atomic E-state index is -0.899. The van der Waals surface area contributed by atoms with Gasteiger partial charge in [-0.2, -0.15) is 0 Å². The molecule has 0 saturated carbocycles. The maximum atomic E-state index is 12.2. The molecule has 1 atom stereocenters. The number of carbonyl (C=O) groups excluding carboxylic acids is 1. The summed E-state index contributed by atoms with van der Waals surface area (Å²) in [6.07, 6.45) is 0.426. The van der Waals surface area contributed by atoms with E-state index >= 15 is 0 Å². The molecule has 1 aliphatic heterocycles. The van der Waals surface area contributed by atoms with Crippen LogP contribution in [-0.4, -0.2) is 48.4 Å². The van der Waals surface area contributed by atoms with Crippen LogP contribution in [0.15, 0.2) is 24.3 Å². The van der Waals surface area contributed by atoms with Crippen LogP contribution < -0.4 is 10.1 Å². The van der Waals surface area contributed by atoms with Crippen LogP contribution in [0.1, 0.15) is 13.3 Å². The SMILES string of the molecule is CC1(C(=O)O)CCN(C(=O)Nc2cccc(OCCF)c2)C1. The molecule has 7 heteroatoms. The maximum Gasteiger partial charge on any atom is 0.321 e. The van der Waals surface area contributed by atoms with E-state index in [0.29, 0.717) is 24.4 Å². The largest absolute Gasteiger partial charge is 0.491 e. The Bertz CT molecular complexity index is 566. The van der Waals surface area contributed by atoms with Gasteiger partial charge in [0.15, 0.2) is 0 Å². The van der Waals surface area contributed by atoms with Crippen molar-refractivity contribution in [2.75, 3.05) is 31.7 Å². The van der Waals surface area contributed by atoms with Crippen molar-refractivity contribution >= 4 is 17.7 Å². The summed E-state index contributed by atoms with van der Waals surface area (Å²) in [6.45, 7) is 1.57. The number of aliphatic carboxylic acids is 1. The van der Waals surface area contributed by atoms with Gasteiger partial charge in [-0.1, -0.05) is 6.07 Å². The average molecular weight is 310 g/mol. The van der Waals surface area contributed by atoms with E-state index < -0.39 is 18.1 Å². The Morgan fingerprint density at radius 3 is 2.91 bits per heavy atom. The number of urea groups is 1. The van der Waals surface area contributed by atoms with Crippen molar-refractivity contribution in [2.45, 2.75) is 13.3 Å². The number of likely N-dealkylation sites (tertiary alicyclic amines) is 1. The van der Waals surface area contributed by atoms with Crippen molar-refractivity contribution in [1.29, 1.82) is 0 Å². The Morgan fingerprint density at radius 2 is 2.27 bits per heavy atom. The normalized spacial score (nSPS) is 20.7. The fourth-order valence-corrected chi connectivity index (χ4v) is 2.33. The number of nitrogens with zero attached hydrogens (tertiary/aromatic N) is 1. The maximum absolute atomic E-state index is 12.2. The summed E-state index contributed by atoms with van der Waals surface area (Å²) in [5.41, 5.74) is -0.381. The van der Waals surface area contributed by atoms with Gasteiger partial charge in [0, 0.05) is 24.8 Å². The highest BCUT2D eigenvalue weighted by Crippen LogP contribution is 2.30. The second-order valence-corrected chi connectivity index (χ2v) is 5.53. The highest BCUT2D eigenvalue weighted by Gasteiger charge is 2.42. The van der Waals surface area contributed by atoms with Gasteiger partial charge in [0.25, 0.3) is 0 Å². The van der Waals surface area contributed by atoms with Crippen molar-refractivity contribution in [3.8, 4) is 5.75 Å². The van der Waals surface area contributed by atoms with Crippen LogP contribution in [0.3, 0.4) is 0 Å². The molecule has 6 nitrogen and oxygen atoms in total. The van der Waals surface area contributed by atoms with Crippen LogP contribution in [0.25, 0.3) is 0 Å². The molecular weight excluding hydrogens is 291 g/mol. The Balaban J connectivity index is 1.96. The van der Waals surface area contributed by atoms with E-state index in [4.69, 9.17) is 4.74 Å². The minimum absolute atomic E-state index is 0.0412. The molecule has 0 bridgehead atoms. The molecule has 2 amide bonds. The number of carboxylic acid groups (broad SMARTS) is 1. The zero-order valence-electron chi connectivity index (χ0n) is 12.3. The van der Waals surface area contributed by atoms with Gasteiger partial charge in [-0.15, -0.1) is 0 Å². The number of hydrogen-bond donors (Lipinski definition) is 2. The summed E-state index contributed by atoms with van der Waals surface area (Å²) in [5.74, 6) is -0.434. The van der Waals surface area contributed by atoms with Crippen molar-refractivity contribution < 1.29 is 23.8 Å². The van der Waals surface area contributed by atoms with Crippen LogP contribution in [0, 0.1) is 5.41 Å². The number of rotatable bonds is 5. The highest BCUT2D eigenvalue weighted by atomic mass is 19.1. The quantitative estimate of drug-likeness (QED) is 0.875. The Hall–Kier alpha value is -2.31. The first-order chi connectivity index (χ1) is 10.4. The molecule has 0 spiro atoms. The molecule has 22 heavy (non-hydrogen) atoms. The van der Waals surface area contributed by atoms with Crippen LogP contribution in [0.2, 0.25) is 0 Å². The molecule has 2 rings (SSSR count). The number of hydrogen-bond acceptors (Lipinski definition) is 3. The third kappa shape index (κ3) is 3.66. The smallest absolute Gasteiger partial charge is 0.321 e. The van der Waals surface area contributed by atoms with Gasteiger partial charge >= 0.3 is 12.0 Å². The Kier molecular flexibility index (Phi) is 4.85. The van der Waals surface area contributed by atoms with Crippen LogP contribution in [-0.2, 0) is 4.79 Å². The lowest BCUT2D eigenvalue weighted by molar-refractivity contribution is -0.146. The van der Waals surface area contributed by atoms with Crippen LogP contribution in [0.5, 0.6) is 5.75 Å². The number of ether oxygens (including phenoxy) is 1. The standard InChI is InChI=1S/C15H19FN2O4/c1-15(13(19)20)5-7-18(10-15)14(21)17-11-3-2-4-12(9-11)22-8-6-16/h2-4,9H,5-8,10H2,1H3,(H,17,21)(H,19,20). The van der Waals surface area contributed by atoms with Gasteiger partial charge < -0.3 is 20.1 Å². The number of nitrogens with one attached hydrogen (secondary N) is 1. The minimum Gasteiger partial charge on any atom is -0.491 e. The molecule has 1 aromatic carbocycles. The first-order valence-electron chi connectivity index (χ1n) is 7.03. The molecule has 0 aliphatic carbocycles. The van der Waals surface area contributed by atoms with E-state index in [1.54, 1.807) is 31.2 Å². The lowest BCUT2D eigenvalue weighted by atomic mass is 9.90. The summed E-state index contributed by atoms with van der Waals surface area (Å²) >= 11 is 0. The summed E-state index contributed by atoms with van der Waals surface area (Å²) in [6, 6.07) is 6.29. The zero-order valence-corrected chi connectivity index (χ0v) is 12.3. The van der Waals surface area contributed by atoms with E-state index in [-0.39, 0.29) is 19.2 Å². The first kappa shape index (κ1) is 16.1. The predicted molar refractivity (Wildman–Crippen MR) is 78.9 cm³/mol. The lowest BCUT2D eigenvalue weighted by Gasteiger charge is -2.20. The summed E-state index contributed by atoms with van der Waals surface area (Å²) in [7, 11) is 0. The van der Waals surface area contributed by atoms with Gasteiger partial charge in [0.05, 0.1) is 5.41 Å². The molecule has 1 saturated heterocycles. The zero-order chi connectivity index (χ0) is 16.2. The van der Waals surface area contributed by atoms with Gasteiger partial charge in [0.2, 0.25) is 0 Å². The van der Waals surface area contributed by atoms with Crippen LogP contribution >= 0.6 is 0 Å². The van der Waals surface area contributed by atoms with E-state index in [1.165, 1.54) is 4.90 Å².